The molecule has 15 heavy (non-hydrogen) atoms. The van der Waals surface area contributed by atoms with Crippen LogP contribution in [0.1, 0.15) is 10.5 Å². The first-order valence-corrected chi connectivity index (χ1v) is 5.02. The third kappa shape index (κ3) is 2.32. The standard InChI is InChI=1S/C10H8N2O2S/c11-9-6-8(12-15-9)10(13)14-7-4-2-1-3-5-7/h1-6H,11H2. The molecule has 0 spiro atoms. The summed E-state index contributed by atoms with van der Waals surface area (Å²) in [5.41, 5.74) is 5.70. The van der Waals surface area contributed by atoms with Gasteiger partial charge in [-0.25, -0.2) is 4.79 Å². The van der Waals surface area contributed by atoms with Gasteiger partial charge in [0, 0.05) is 6.07 Å². The van der Waals surface area contributed by atoms with Crippen molar-refractivity contribution in [2.75, 3.05) is 5.73 Å². The Balaban J connectivity index is 2.11. The van der Waals surface area contributed by atoms with Gasteiger partial charge in [-0.1, -0.05) is 18.2 Å². The number of benzene rings is 1. The van der Waals surface area contributed by atoms with Gasteiger partial charge in [0.05, 0.1) is 0 Å². The molecule has 1 aromatic heterocycles. The first-order valence-electron chi connectivity index (χ1n) is 4.25. The molecule has 0 bridgehead atoms. The largest absolute Gasteiger partial charge is 0.422 e. The summed E-state index contributed by atoms with van der Waals surface area (Å²) < 4.78 is 8.92. The highest BCUT2D eigenvalue weighted by atomic mass is 32.1. The summed E-state index contributed by atoms with van der Waals surface area (Å²) in [5.74, 6) is 0.00298. The summed E-state index contributed by atoms with van der Waals surface area (Å²) in [6, 6.07) is 10.3. The molecule has 76 valence electrons. The third-order valence-electron chi connectivity index (χ3n) is 1.69. The SMILES string of the molecule is Nc1cc(C(=O)Oc2ccccc2)ns1. The number of nitrogens with two attached hydrogens (primary N) is 1. The zero-order chi connectivity index (χ0) is 10.7. The first kappa shape index (κ1) is 9.67. The van der Waals surface area contributed by atoms with Crippen molar-refractivity contribution < 1.29 is 9.53 Å². The van der Waals surface area contributed by atoms with Crippen LogP contribution >= 0.6 is 11.5 Å². The van der Waals surface area contributed by atoms with Gasteiger partial charge >= 0.3 is 5.97 Å². The zero-order valence-electron chi connectivity index (χ0n) is 7.71. The van der Waals surface area contributed by atoms with Crippen LogP contribution in [-0.2, 0) is 0 Å². The van der Waals surface area contributed by atoms with E-state index in [4.69, 9.17) is 10.5 Å². The van der Waals surface area contributed by atoms with Crippen LogP contribution in [-0.4, -0.2) is 10.3 Å². The van der Waals surface area contributed by atoms with E-state index in [1.54, 1.807) is 24.3 Å². The fraction of sp³-hybridized carbons (Fsp3) is 0. The average Bonchev–Trinajstić information content (AvgIpc) is 2.66. The summed E-state index contributed by atoms with van der Waals surface area (Å²) in [5, 5.41) is 0.495. The van der Waals surface area contributed by atoms with Gasteiger partial charge in [0.25, 0.3) is 0 Å². The second kappa shape index (κ2) is 4.10. The maximum absolute atomic E-state index is 11.5. The van der Waals surface area contributed by atoms with Gasteiger partial charge in [0.15, 0.2) is 5.69 Å². The molecule has 1 heterocycles. The summed E-state index contributed by atoms with van der Waals surface area (Å²) in [6.45, 7) is 0. The van der Waals surface area contributed by atoms with Crippen molar-refractivity contribution in [2.24, 2.45) is 0 Å². The van der Waals surface area contributed by atoms with Crippen LogP contribution in [0.4, 0.5) is 5.00 Å². The number of carbonyl (C=O) groups excluding carboxylic acids is 1. The lowest BCUT2D eigenvalue weighted by Gasteiger charge is -2.00. The molecule has 2 N–H and O–H groups in total. The summed E-state index contributed by atoms with van der Waals surface area (Å²) in [7, 11) is 0. The van der Waals surface area contributed by atoms with Crippen LogP contribution in [0.3, 0.4) is 0 Å². The molecule has 0 fully saturated rings. The van der Waals surface area contributed by atoms with Crippen molar-refractivity contribution >= 4 is 22.5 Å². The lowest BCUT2D eigenvalue weighted by atomic mass is 10.3. The molecule has 2 aromatic rings. The summed E-state index contributed by atoms with van der Waals surface area (Å²) in [4.78, 5) is 11.5. The maximum Gasteiger partial charge on any atom is 0.363 e. The minimum absolute atomic E-state index is 0.237. The highest BCUT2D eigenvalue weighted by Crippen LogP contribution is 2.15. The molecule has 0 aliphatic heterocycles. The summed E-state index contributed by atoms with van der Waals surface area (Å²) in [6.07, 6.45) is 0. The Morgan fingerprint density at radius 1 is 1.33 bits per heavy atom. The van der Waals surface area contributed by atoms with Gasteiger partial charge in [-0.2, -0.15) is 4.37 Å². The van der Waals surface area contributed by atoms with E-state index in [-0.39, 0.29) is 5.69 Å². The molecule has 0 amide bonds. The number of anilines is 1. The lowest BCUT2D eigenvalue weighted by molar-refractivity contribution is 0.0730. The molecule has 0 aliphatic rings. The molecule has 5 heteroatoms. The molecule has 0 saturated carbocycles. The van der Waals surface area contributed by atoms with Crippen molar-refractivity contribution in [2.45, 2.75) is 0 Å². The van der Waals surface area contributed by atoms with Gasteiger partial charge in [-0.3, -0.25) is 0 Å². The molecule has 2 rings (SSSR count). The Morgan fingerprint density at radius 2 is 2.07 bits per heavy atom. The predicted molar refractivity (Wildman–Crippen MR) is 57.9 cm³/mol. The molecular weight excluding hydrogens is 212 g/mol. The number of hydrogen-bond acceptors (Lipinski definition) is 5. The van der Waals surface area contributed by atoms with Crippen LogP contribution in [0, 0.1) is 0 Å². The molecule has 1 aromatic carbocycles. The number of aromatic nitrogens is 1. The molecule has 0 aliphatic carbocycles. The number of nitrogen functional groups attached to an aromatic ring is 1. The van der Waals surface area contributed by atoms with Crippen LogP contribution in [0.25, 0.3) is 0 Å². The number of ether oxygens (including phenoxy) is 1. The molecule has 4 nitrogen and oxygen atoms in total. The van der Waals surface area contributed by atoms with Crippen molar-refractivity contribution in [1.29, 1.82) is 0 Å². The third-order valence-corrected chi connectivity index (χ3v) is 2.31. The lowest BCUT2D eigenvalue weighted by Crippen LogP contribution is -2.08. The molecular formula is C10H8N2O2S. The van der Waals surface area contributed by atoms with E-state index >= 15 is 0 Å². The summed E-state index contributed by atoms with van der Waals surface area (Å²) >= 11 is 1.07. The highest BCUT2D eigenvalue weighted by Gasteiger charge is 2.11. The Morgan fingerprint density at radius 3 is 2.67 bits per heavy atom. The van der Waals surface area contributed by atoms with Crippen molar-refractivity contribution in [3.8, 4) is 5.75 Å². The number of para-hydroxylation sites is 1. The van der Waals surface area contributed by atoms with Gasteiger partial charge in [-0.05, 0) is 23.7 Å². The van der Waals surface area contributed by atoms with E-state index in [1.165, 1.54) is 6.07 Å². The maximum atomic E-state index is 11.5. The van der Waals surface area contributed by atoms with Crippen LogP contribution in [0.5, 0.6) is 5.75 Å². The predicted octanol–water partition coefficient (Wildman–Crippen LogP) is 1.94. The highest BCUT2D eigenvalue weighted by molar-refractivity contribution is 7.10. The van der Waals surface area contributed by atoms with Crippen LogP contribution in [0.2, 0.25) is 0 Å². The molecule has 0 radical (unpaired) electrons. The second-order valence-corrected chi connectivity index (χ2v) is 3.65. The zero-order valence-corrected chi connectivity index (χ0v) is 8.53. The normalized spacial score (nSPS) is 9.87. The Hall–Kier alpha value is -1.88. The van der Waals surface area contributed by atoms with E-state index in [0.29, 0.717) is 10.8 Å². The van der Waals surface area contributed by atoms with Gasteiger partial charge < -0.3 is 10.5 Å². The topological polar surface area (TPSA) is 65.2 Å². The number of hydrogen-bond donors (Lipinski definition) is 1. The average molecular weight is 220 g/mol. The minimum Gasteiger partial charge on any atom is -0.422 e. The Kier molecular flexibility index (Phi) is 2.64. The Bertz CT molecular complexity index is 467. The fourth-order valence-corrected chi connectivity index (χ4v) is 1.53. The van der Waals surface area contributed by atoms with Crippen molar-refractivity contribution in [3.63, 3.8) is 0 Å². The number of carbonyl (C=O) groups is 1. The number of nitrogens with zero attached hydrogens (tertiary/aromatic N) is 1. The van der Waals surface area contributed by atoms with E-state index in [0.717, 1.165) is 11.5 Å². The Labute approximate surface area is 90.5 Å². The fourth-order valence-electron chi connectivity index (χ4n) is 1.03. The minimum atomic E-state index is -0.492. The van der Waals surface area contributed by atoms with Crippen molar-refractivity contribution in [3.05, 3.63) is 42.1 Å². The van der Waals surface area contributed by atoms with Gasteiger partial charge in [0.1, 0.15) is 10.8 Å². The van der Waals surface area contributed by atoms with Gasteiger partial charge in [0.2, 0.25) is 0 Å². The number of esters is 1. The second-order valence-electron chi connectivity index (χ2n) is 2.82. The molecule has 0 atom stereocenters. The molecule has 0 saturated heterocycles. The van der Waals surface area contributed by atoms with Crippen LogP contribution < -0.4 is 10.5 Å². The van der Waals surface area contributed by atoms with E-state index in [2.05, 4.69) is 4.37 Å². The number of rotatable bonds is 2. The van der Waals surface area contributed by atoms with E-state index in [1.807, 2.05) is 6.07 Å². The molecule has 0 unspecified atom stereocenters. The van der Waals surface area contributed by atoms with E-state index in [9.17, 15) is 4.79 Å². The van der Waals surface area contributed by atoms with Crippen LogP contribution in [0.15, 0.2) is 36.4 Å². The van der Waals surface area contributed by atoms with Gasteiger partial charge in [-0.15, -0.1) is 0 Å². The monoisotopic (exact) mass is 220 g/mol. The first-order chi connectivity index (χ1) is 7.25. The smallest absolute Gasteiger partial charge is 0.363 e. The quantitative estimate of drug-likeness (QED) is 0.620. The van der Waals surface area contributed by atoms with E-state index < -0.39 is 5.97 Å². The van der Waals surface area contributed by atoms with Crippen molar-refractivity contribution in [1.82, 2.24) is 4.37 Å².